The molecule has 0 atom stereocenters. The van der Waals surface area contributed by atoms with Crippen molar-refractivity contribution in [3.05, 3.63) is 89.9 Å². The number of benzene rings is 2. The van der Waals surface area contributed by atoms with Gasteiger partial charge in [-0.25, -0.2) is 4.98 Å². The molecule has 0 fully saturated rings. The summed E-state index contributed by atoms with van der Waals surface area (Å²) in [5.74, 6) is -0.115. The number of aromatic hydroxyl groups is 1. The summed E-state index contributed by atoms with van der Waals surface area (Å²) in [5, 5.41) is 21.1. The smallest absolute Gasteiger partial charge is 0.257 e. The molecule has 2 heterocycles. The van der Waals surface area contributed by atoms with E-state index in [9.17, 15) is 9.90 Å². The van der Waals surface area contributed by atoms with E-state index < -0.39 is 0 Å². The second-order valence-corrected chi connectivity index (χ2v) is 6.09. The lowest BCUT2D eigenvalue weighted by molar-refractivity contribution is 0.102. The molecule has 0 aliphatic carbocycles. The molecule has 6 heteroatoms. The van der Waals surface area contributed by atoms with Crippen LogP contribution < -0.4 is 5.32 Å². The number of hydrogen-bond acceptors (Lipinski definition) is 5. The third kappa shape index (κ3) is 3.71. The summed E-state index contributed by atoms with van der Waals surface area (Å²) in [4.78, 5) is 16.9. The van der Waals surface area contributed by atoms with Gasteiger partial charge in [-0.2, -0.15) is 10.2 Å². The van der Waals surface area contributed by atoms with E-state index >= 15 is 0 Å². The van der Waals surface area contributed by atoms with Gasteiger partial charge in [0.25, 0.3) is 5.91 Å². The van der Waals surface area contributed by atoms with Crippen LogP contribution in [0.15, 0.2) is 73.1 Å². The highest BCUT2D eigenvalue weighted by molar-refractivity contribution is 6.05. The SMILES string of the molecule is O=C(Nc1ccccc1/C=C/c1ccc2cccc(O)c2n1)c1ccnnc1. The van der Waals surface area contributed by atoms with Crippen LogP contribution in [0.25, 0.3) is 23.1 Å². The molecule has 28 heavy (non-hydrogen) atoms. The van der Waals surface area contributed by atoms with Crippen molar-refractivity contribution in [2.24, 2.45) is 0 Å². The summed E-state index contributed by atoms with van der Waals surface area (Å²) in [5.41, 5.74) is 3.19. The van der Waals surface area contributed by atoms with Crippen LogP contribution in [0, 0.1) is 0 Å². The molecule has 1 amide bonds. The third-order valence-corrected chi connectivity index (χ3v) is 4.21. The molecule has 4 aromatic rings. The van der Waals surface area contributed by atoms with Crippen molar-refractivity contribution in [3.63, 3.8) is 0 Å². The number of fused-ring (bicyclic) bond motifs is 1. The standard InChI is InChI=1S/C22H16N4O2/c27-20-7-3-5-16-9-11-18(25-21(16)20)10-8-15-4-1-2-6-19(15)26-22(28)17-12-13-23-24-14-17/h1-14,27H,(H,26,28)/b10-8+. The minimum Gasteiger partial charge on any atom is -0.506 e. The van der Waals surface area contributed by atoms with Crippen molar-refractivity contribution in [1.29, 1.82) is 0 Å². The van der Waals surface area contributed by atoms with Gasteiger partial charge in [-0.05, 0) is 35.9 Å². The molecule has 0 saturated heterocycles. The minimum atomic E-state index is -0.260. The number of rotatable bonds is 4. The lowest BCUT2D eigenvalue weighted by Crippen LogP contribution is -2.13. The molecule has 136 valence electrons. The highest BCUT2D eigenvalue weighted by atomic mass is 16.3. The van der Waals surface area contributed by atoms with Crippen LogP contribution in [0.3, 0.4) is 0 Å². The van der Waals surface area contributed by atoms with Crippen LogP contribution in [0.5, 0.6) is 5.75 Å². The second kappa shape index (κ2) is 7.67. The van der Waals surface area contributed by atoms with Crippen LogP contribution in [-0.4, -0.2) is 26.2 Å². The number of para-hydroxylation sites is 2. The van der Waals surface area contributed by atoms with Gasteiger partial charge in [-0.15, -0.1) is 0 Å². The number of phenolic OH excluding ortho intramolecular Hbond substituents is 1. The molecule has 0 aliphatic heterocycles. The van der Waals surface area contributed by atoms with Gasteiger partial charge in [0.15, 0.2) is 0 Å². The quantitative estimate of drug-likeness (QED) is 0.565. The van der Waals surface area contributed by atoms with Crippen molar-refractivity contribution in [2.75, 3.05) is 5.32 Å². The van der Waals surface area contributed by atoms with E-state index in [1.807, 2.05) is 54.6 Å². The summed E-state index contributed by atoms with van der Waals surface area (Å²) in [6.07, 6.45) is 6.60. The van der Waals surface area contributed by atoms with Crippen molar-refractivity contribution < 1.29 is 9.90 Å². The summed E-state index contributed by atoms with van der Waals surface area (Å²) in [6, 6.07) is 18.1. The Bertz CT molecular complexity index is 1170. The second-order valence-electron chi connectivity index (χ2n) is 6.09. The zero-order valence-electron chi connectivity index (χ0n) is 14.8. The van der Waals surface area contributed by atoms with E-state index in [0.29, 0.717) is 22.5 Å². The monoisotopic (exact) mass is 368 g/mol. The number of nitrogens with zero attached hydrogens (tertiary/aromatic N) is 3. The fraction of sp³-hybridized carbons (Fsp3) is 0. The maximum Gasteiger partial charge on any atom is 0.257 e. The van der Waals surface area contributed by atoms with Gasteiger partial charge in [0.1, 0.15) is 11.3 Å². The van der Waals surface area contributed by atoms with E-state index in [1.165, 1.54) is 12.4 Å². The van der Waals surface area contributed by atoms with Gasteiger partial charge >= 0.3 is 0 Å². The maximum atomic E-state index is 12.4. The molecular weight excluding hydrogens is 352 g/mol. The average molecular weight is 368 g/mol. The molecule has 2 N–H and O–H groups in total. The number of carbonyl (C=O) groups is 1. The van der Waals surface area contributed by atoms with E-state index in [0.717, 1.165) is 10.9 Å². The summed E-state index contributed by atoms with van der Waals surface area (Å²) in [6.45, 7) is 0. The van der Waals surface area contributed by atoms with E-state index in [1.54, 1.807) is 18.2 Å². The highest BCUT2D eigenvalue weighted by Gasteiger charge is 2.08. The Morgan fingerprint density at radius 2 is 1.82 bits per heavy atom. The molecule has 0 aliphatic rings. The molecule has 0 spiro atoms. The molecule has 2 aromatic heterocycles. The number of pyridine rings is 1. The van der Waals surface area contributed by atoms with Crippen LogP contribution >= 0.6 is 0 Å². The zero-order chi connectivity index (χ0) is 19.3. The van der Waals surface area contributed by atoms with E-state index in [2.05, 4.69) is 20.5 Å². The number of aromatic nitrogens is 3. The molecule has 0 unspecified atom stereocenters. The van der Waals surface area contributed by atoms with Gasteiger partial charge in [0.2, 0.25) is 0 Å². The number of nitrogens with one attached hydrogen (secondary N) is 1. The van der Waals surface area contributed by atoms with Crippen LogP contribution in [0.1, 0.15) is 21.6 Å². The van der Waals surface area contributed by atoms with Gasteiger partial charge in [-0.1, -0.05) is 42.5 Å². The molecule has 6 nitrogen and oxygen atoms in total. The molecule has 4 rings (SSSR count). The first-order valence-electron chi connectivity index (χ1n) is 8.64. The summed E-state index contributed by atoms with van der Waals surface area (Å²) >= 11 is 0. The van der Waals surface area contributed by atoms with Crippen LogP contribution in [0.2, 0.25) is 0 Å². The predicted octanol–water partition coefficient (Wildman–Crippen LogP) is 4.15. The molecule has 0 bridgehead atoms. The molecule has 2 aromatic carbocycles. The normalized spacial score (nSPS) is 11.0. The Kier molecular flexibility index (Phi) is 4.76. The fourth-order valence-corrected chi connectivity index (χ4v) is 2.79. The number of carbonyl (C=O) groups excluding carboxylic acids is 1. The fourth-order valence-electron chi connectivity index (χ4n) is 2.79. The molecule has 0 saturated carbocycles. The molecule has 0 radical (unpaired) electrons. The topological polar surface area (TPSA) is 88.0 Å². The maximum absolute atomic E-state index is 12.4. The van der Waals surface area contributed by atoms with Gasteiger partial charge in [0.05, 0.1) is 23.7 Å². The van der Waals surface area contributed by atoms with E-state index in [-0.39, 0.29) is 11.7 Å². The number of amides is 1. The van der Waals surface area contributed by atoms with Crippen molar-refractivity contribution in [1.82, 2.24) is 15.2 Å². The van der Waals surface area contributed by atoms with Crippen LogP contribution in [-0.2, 0) is 0 Å². The first-order chi connectivity index (χ1) is 13.7. The summed E-state index contributed by atoms with van der Waals surface area (Å²) < 4.78 is 0. The number of hydrogen-bond donors (Lipinski definition) is 2. The van der Waals surface area contributed by atoms with Crippen molar-refractivity contribution in [3.8, 4) is 5.75 Å². The lowest BCUT2D eigenvalue weighted by Gasteiger charge is -2.08. The first kappa shape index (κ1) is 17.4. The van der Waals surface area contributed by atoms with E-state index in [4.69, 9.17) is 0 Å². The average Bonchev–Trinajstić information content (AvgIpc) is 2.74. The predicted molar refractivity (Wildman–Crippen MR) is 109 cm³/mol. The Balaban J connectivity index is 1.60. The number of anilines is 1. The first-order valence-corrected chi connectivity index (χ1v) is 8.64. The highest BCUT2D eigenvalue weighted by Crippen LogP contribution is 2.24. The van der Waals surface area contributed by atoms with Crippen LogP contribution in [0.4, 0.5) is 5.69 Å². The van der Waals surface area contributed by atoms with Gasteiger partial charge < -0.3 is 10.4 Å². The minimum absolute atomic E-state index is 0.145. The van der Waals surface area contributed by atoms with Gasteiger partial charge in [0, 0.05) is 11.1 Å². The third-order valence-electron chi connectivity index (χ3n) is 4.21. The van der Waals surface area contributed by atoms with Crippen molar-refractivity contribution in [2.45, 2.75) is 0 Å². The lowest BCUT2D eigenvalue weighted by atomic mass is 10.1. The largest absolute Gasteiger partial charge is 0.506 e. The zero-order valence-corrected chi connectivity index (χ0v) is 14.8. The molecular formula is C22H16N4O2. The Morgan fingerprint density at radius 1 is 0.929 bits per heavy atom. The van der Waals surface area contributed by atoms with Gasteiger partial charge in [-0.3, -0.25) is 4.79 Å². The van der Waals surface area contributed by atoms with Crippen molar-refractivity contribution >= 4 is 34.6 Å². The Labute approximate surface area is 161 Å². The Hall–Kier alpha value is -4.06. The summed E-state index contributed by atoms with van der Waals surface area (Å²) in [7, 11) is 0. The Morgan fingerprint density at radius 3 is 2.68 bits per heavy atom. The number of phenols is 1.